The van der Waals surface area contributed by atoms with Crippen LogP contribution in [0.3, 0.4) is 0 Å². The summed E-state index contributed by atoms with van der Waals surface area (Å²) in [7, 11) is 0. The van der Waals surface area contributed by atoms with Gasteiger partial charge in [0.25, 0.3) is 11.5 Å². The Labute approximate surface area is 255 Å². The number of amides is 1. The zero-order valence-corrected chi connectivity index (χ0v) is 23.9. The molecule has 45 heavy (non-hydrogen) atoms. The summed E-state index contributed by atoms with van der Waals surface area (Å²) in [5.74, 6) is -0.122. The molecule has 0 unspecified atom stereocenters. The molecule has 1 amide bonds. The number of aromatic nitrogens is 2. The van der Waals surface area contributed by atoms with Crippen LogP contribution in [0.2, 0.25) is 0 Å². The van der Waals surface area contributed by atoms with Gasteiger partial charge in [0.05, 0.1) is 22.7 Å². The predicted molar refractivity (Wildman–Crippen MR) is 169 cm³/mol. The van der Waals surface area contributed by atoms with Gasteiger partial charge in [-0.3, -0.25) is 9.59 Å². The molecule has 0 atom stereocenters. The largest absolute Gasteiger partial charge is 0.483 e. The second-order valence-corrected chi connectivity index (χ2v) is 10.2. The molecule has 224 valence electrons. The summed E-state index contributed by atoms with van der Waals surface area (Å²) >= 11 is 0. The minimum Gasteiger partial charge on any atom is -0.483 e. The van der Waals surface area contributed by atoms with Crippen LogP contribution in [-0.2, 0) is 11.0 Å². The van der Waals surface area contributed by atoms with Crippen molar-refractivity contribution in [2.75, 3.05) is 11.9 Å². The van der Waals surface area contributed by atoms with Crippen molar-refractivity contribution in [1.82, 2.24) is 9.66 Å². The van der Waals surface area contributed by atoms with Crippen LogP contribution < -0.4 is 15.6 Å². The van der Waals surface area contributed by atoms with Crippen molar-refractivity contribution in [3.63, 3.8) is 0 Å². The van der Waals surface area contributed by atoms with Crippen LogP contribution in [0.25, 0.3) is 33.1 Å². The molecule has 0 saturated heterocycles. The van der Waals surface area contributed by atoms with E-state index < -0.39 is 17.3 Å². The van der Waals surface area contributed by atoms with E-state index in [1.54, 1.807) is 36.4 Å². The van der Waals surface area contributed by atoms with E-state index in [2.05, 4.69) is 15.4 Å². The van der Waals surface area contributed by atoms with Gasteiger partial charge in [0.1, 0.15) is 5.75 Å². The number of fused-ring (bicyclic) bond motifs is 2. The number of halogens is 3. The third kappa shape index (κ3) is 6.16. The molecule has 0 aliphatic heterocycles. The van der Waals surface area contributed by atoms with Gasteiger partial charge in [-0.25, -0.2) is 4.98 Å². The average molecular weight is 607 g/mol. The number of carbonyl (C=O) groups is 1. The van der Waals surface area contributed by atoms with Crippen molar-refractivity contribution in [3.05, 3.63) is 136 Å². The average Bonchev–Trinajstić information content (AvgIpc) is 3.04. The van der Waals surface area contributed by atoms with Gasteiger partial charge < -0.3 is 10.1 Å². The Morgan fingerprint density at radius 3 is 2.44 bits per heavy atom. The number of rotatable bonds is 7. The standard InChI is InChI=1S/C35H25F3N4O3/c1-22-9-2-6-15-29(22)40-32(43)21-45-31-18-17-23-10-3-4-13-26(23)28(31)20-39-42-33(24-11-8-12-25(19-24)35(36,37)38)41-30-16-7-5-14-27(30)34(42)44/h2-20H,21H2,1H3,(H,40,43). The van der Waals surface area contributed by atoms with Crippen LogP contribution in [0.4, 0.5) is 18.9 Å². The first-order valence-electron chi connectivity index (χ1n) is 13.9. The summed E-state index contributed by atoms with van der Waals surface area (Å²) in [4.78, 5) is 31.0. The third-order valence-electron chi connectivity index (χ3n) is 7.21. The summed E-state index contributed by atoms with van der Waals surface area (Å²) in [6.45, 7) is 1.58. The molecule has 0 fully saturated rings. The number of hydrogen-bond acceptors (Lipinski definition) is 5. The van der Waals surface area contributed by atoms with E-state index in [0.717, 1.165) is 33.1 Å². The van der Waals surface area contributed by atoms with E-state index in [1.807, 2.05) is 55.5 Å². The normalized spacial score (nSPS) is 11.7. The molecule has 5 aromatic carbocycles. The quantitative estimate of drug-likeness (QED) is 0.191. The summed E-state index contributed by atoms with van der Waals surface area (Å²) in [5.41, 5.74) is 0.956. The van der Waals surface area contributed by atoms with Crippen molar-refractivity contribution in [2.45, 2.75) is 13.1 Å². The van der Waals surface area contributed by atoms with Gasteiger partial charge in [0, 0.05) is 16.8 Å². The number of anilines is 1. The Bertz CT molecular complexity index is 2160. The van der Waals surface area contributed by atoms with Gasteiger partial charge in [0.15, 0.2) is 12.4 Å². The van der Waals surface area contributed by atoms with Crippen LogP contribution in [-0.4, -0.2) is 28.4 Å². The highest BCUT2D eigenvalue weighted by atomic mass is 19.4. The maximum Gasteiger partial charge on any atom is 0.416 e. The second kappa shape index (κ2) is 12.1. The van der Waals surface area contributed by atoms with Crippen molar-refractivity contribution < 1.29 is 22.7 Å². The Kier molecular flexibility index (Phi) is 7.87. The smallest absolute Gasteiger partial charge is 0.416 e. The lowest BCUT2D eigenvalue weighted by atomic mass is 10.0. The number of ether oxygens (including phenoxy) is 1. The predicted octanol–water partition coefficient (Wildman–Crippen LogP) is 7.44. The molecule has 0 aliphatic carbocycles. The highest BCUT2D eigenvalue weighted by molar-refractivity contribution is 6.03. The molecule has 0 spiro atoms. The number of nitrogens with zero attached hydrogens (tertiary/aromatic N) is 3. The van der Waals surface area contributed by atoms with Crippen molar-refractivity contribution in [1.29, 1.82) is 0 Å². The van der Waals surface area contributed by atoms with E-state index in [0.29, 0.717) is 22.5 Å². The minimum atomic E-state index is -4.60. The first-order valence-corrected chi connectivity index (χ1v) is 13.9. The SMILES string of the molecule is Cc1ccccc1NC(=O)COc1ccc2ccccc2c1C=Nn1c(-c2cccc(C(F)(F)F)c2)nc2ccccc2c1=O. The maximum absolute atomic E-state index is 13.7. The third-order valence-corrected chi connectivity index (χ3v) is 7.21. The summed E-state index contributed by atoms with van der Waals surface area (Å²) in [5, 5.41) is 9.11. The van der Waals surface area contributed by atoms with Gasteiger partial charge in [-0.05, 0) is 59.7 Å². The second-order valence-electron chi connectivity index (χ2n) is 10.2. The number of para-hydroxylation sites is 2. The maximum atomic E-state index is 13.7. The molecule has 0 bridgehead atoms. The number of carbonyl (C=O) groups excluding carboxylic acids is 1. The fourth-order valence-corrected chi connectivity index (χ4v) is 4.95. The van der Waals surface area contributed by atoms with E-state index >= 15 is 0 Å². The summed E-state index contributed by atoms with van der Waals surface area (Å²) in [6, 6.07) is 29.4. The molecule has 0 saturated carbocycles. The Balaban J connectivity index is 1.43. The van der Waals surface area contributed by atoms with Crippen LogP contribution in [0.1, 0.15) is 16.7 Å². The lowest BCUT2D eigenvalue weighted by Crippen LogP contribution is -2.21. The minimum absolute atomic E-state index is 0.0621. The lowest BCUT2D eigenvalue weighted by Gasteiger charge is -2.14. The summed E-state index contributed by atoms with van der Waals surface area (Å²) in [6.07, 6.45) is -3.20. The van der Waals surface area contributed by atoms with Crippen molar-refractivity contribution in [3.8, 4) is 17.1 Å². The van der Waals surface area contributed by atoms with E-state index in [1.165, 1.54) is 18.3 Å². The lowest BCUT2D eigenvalue weighted by molar-refractivity contribution is -0.137. The van der Waals surface area contributed by atoms with Crippen LogP contribution in [0, 0.1) is 6.92 Å². The first-order chi connectivity index (χ1) is 21.7. The molecule has 6 rings (SSSR count). The van der Waals surface area contributed by atoms with Crippen molar-refractivity contribution in [2.24, 2.45) is 5.10 Å². The Morgan fingerprint density at radius 1 is 0.911 bits per heavy atom. The molecule has 10 heteroatoms. The molecule has 1 aromatic heterocycles. The Morgan fingerprint density at radius 2 is 1.64 bits per heavy atom. The molecular weight excluding hydrogens is 581 g/mol. The van der Waals surface area contributed by atoms with Crippen LogP contribution >= 0.6 is 0 Å². The molecule has 7 nitrogen and oxygen atoms in total. The molecular formula is C35H25F3N4O3. The number of alkyl halides is 3. The molecule has 0 radical (unpaired) electrons. The fourth-order valence-electron chi connectivity index (χ4n) is 4.95. The van der Waals surface area contributed by atoms with E-state index in [4.69, 9.17) is 4.74 Å². The van der Waals surface area contributed by atoms with Crippen LogP contribution in [0.15, 0.2) is 119 Å². The van der Waals surface area contributed by atoms with E-state index in [-0.39, 0.29) is 29.3 Å². The fraction of sp³-hybridized carbons (Fsp3) is 0.0857. The molecule has 1 N–H and O–H groups in total. The van der Waals surface area contributed by atoms with Gasteiger partial charge in [0.2, 0.25) is 0 Å². The summed E-state index contributed by atoms with van der Waals surface area (Å²) < 4.78 is 47.7. The zero-order valence-electron chi connectivity index (χ0n) is 23.9. The number of aryl methyl sites for hydroxylation is 1. The zero-order chi connectivity index (χ0) is 31.6. The highest BCUT2D eigenvalue weighted by Gasteiger charge is 2.31. The van der Waals surface area contributed by atoms with E-state index in [9.17, 15) is 22.8 Å². The van der Waals surface area contributed by atoms with Crippen molar-refractivity contribution >= 4 is 39.5 Å². The highest BCUT2D eigenvalue weighted by Crippen LogP contribution is 2.32. The number of nitrogens with one attached hydrogen (secondary N) is 1. The van der Waals surface area contributed by atoms with Gasteiger partial charge in [-0.1, -0.05) is 72.8 Å². The van der Waals surface area contributed by atoms with Gasteiger partial charge in [-0.2, -0.15) is 22.9 Å². The molecule has 1 heterocycles. The monoisotopic (exact) mass is 606 g/mol. The molecule has 0 aliphatic rings. The number of benzene rings is 5. The molecule has 6 aromatic rings. The Hall–Kier alpha value is -5.77. The van der Waals surface area contributed by atoms with Crippen LogP contribution in [0.5, 0.6) is 5.75 Å². The first kappa shape index (κ1) is 29.3. The van der Waals surface area contributed by atoms with Gasteiger partial charge >= 0.3 is 6.18 Å². The topological polar surface area (TPSA) is 85.6 Å². The number of hydrogen-bond donors (Lipinski definition) is 1. The van der Waals surface area contributed by atoms with Gasteiger partial charge in [-0.15, -0.1) is 0 Å².